The molecule has 0 saturated carbocycles. The van der Waals surface area contributed by atoms with E-state index in [9.17, 15) is 31.2 Å². The van der Waals surface area contributed by atoms with Gasteiger partial charge in [-0.15, -0.1) is 45.3 Å². The van der Waals surface area contributed by atoms with Gasteiger partial charge in [-0.3, -0.25) is 9.89 Å². The van der Waals surface area contributed by atoms with Crippen LogP contribution in [0.4, 0.5) is 22.8 Å². The molecule has 0 radical (unpaired) electrons. The van der Waals surface area contributed by atoms with E-state index in [1.165, 1.54) is 50.2 Å². The number of carbonyl (C=O) groups is 2. The van der Waals surface area contributed by atoms with Crippen LogP contribution >= 0.6 is 45.3 Å². The number of aliphatic imine (C=N–C) groups is 1. The number of nitrogens with zero attached hydrogens (tertiary/aromatic N) is 7. The molecule has 3 unspecified atom stereocenters. The molecule has 2 fully saturated rings. The van der Waals surface area contributed by atoms with E-state index in [0.29, 0.717) is 18.5 Å². The van der Waals surface area contributed by atoms with Crippen LogP contribution in [-0.4, -0.2) is 117 Å². The first-order chi connectivity index (χ1) is 44.6. The molecule has 0 aliphatic carbocycles. The first kappa shape index (κ1) is 72.9. The van der Waals surface area contributed by atoms with E-state index in [2.05, 4.69) is 138 Å². The fourth-order valence-electron chi connectivity index (χ4n) is 10.8. The molecule has 95 heavy (non-hydrogen) atoms. The molecule has 1 N–H and O–H groups in total. The summed E-state index contributed by atoms with van der Waals surface area (Å²) in [6, 6.07) is 26.0. The molecule has 4 aromatic heterocycles. The van der Waals surface area contributed by atoms with Crippen LogP contribution in [0.2, 0.25) is 0 Å². The van der Waals surface area contributed by atoms with Gasteiger partial charge in [0.2, 0.25) is 5.88 Å². The average Bonchev–Trinajstić information content (AvgIpc) is 1.68. The molecule has 13 rings (SSSR count). The van der Waals surface area contributed by atoms with Gasteiger partial charge < -0.3 is 28.3 Å². The fraction of sp³-hybridized carbons (Fsp3) is 0.493. The number of amides is 2. The monoisotopic (exact) mass is 1400 g/mol. The Morgan fingerprint density at radius 3 is 1.61 bits per heavy atom. The van der Waals surface area contributed by atoms with Crippen LogP contribution in [0.15, 0.2) is 118 Å². The van der Waals surface area contributed by atoms with Crippen LogP contribution in [0.5, 0.6) is 0 Å². The van der Waals surface area contributed by atoms with Crippen molar-refractivity contribution >= 4 is 133 Å². The standard InChI is InChI=1S/C18H22N2O2S.C13H16BNO2S.C13H16N2S.C13H14N2S.C12H18F3NO5S/c1-12-5-8-15(20(10-12)17(21)22-18(2,3)4)13-6-7-14-16(9-13)23-11-19-14;1-12(2)13(3,4)17-14(16-12)9-5-6-10-11(7-9)18-8-15-10;2*1-9-2-4-11(14-7-9)10-3-5-12-13(6-10)16-8-15-12;1-8-5-6-9(21-22(18,19)12(13,14)15)16(7-8)10(17)20-11(2,3)4/h6-9,11-12H,5,10H2,1-4H3;5-8H,1-4H3;3,5-6,8-9,11,14H,2,4,7H2,1H3;3,5-6,8-9H,2,4,7H2,1H3;6,8H,5,7H2,1-4H3/t;;9-,11+;;/m..1../s1. The molecule has 17 nitrogen and oxygen atoms in total. The number of nitrogens with one attached hydrogen (secondary N) is 1. The second-order valence-electron chi connectivity index (χ2n) is 27.9. The number of alkyl halides is 3. The summed E-state index contributed by atoms with van der Waals surface area (Å²) in [6.07, 6.45) is 8.23. The lowest BCUT2D eigenvalue weighted by atomic mass is 9.79. The third-order valence-electron chi connectivity index (χ3n) is 16.7. The van der Waals surface area contributed by atoms with Crippen LogP contribution in [0.3, 0.4) is 0 Å². The van der Waals surface area contributed by atoms with Crippen molar-refractivity contribution in [2.24, 2.45) is 28.7 Å². The number of benzene rings is 4. The molecule has 4 aromatic carbocycles. The number of rotatable bonds is 6. The topological polar surface area (TPSA) is 197 Å². The smallest absolute Gasteiger partial charge is 0.443 e. The summed E-state index contributed by atoms with van der Waals surface area (Å²) >= 11 is 6.68. The number of hydrogen-bond acceptors (Lipinski definition) is 19. The van der Waals surface area contributed by atoms with Gasteiger partial charge in [-0.05, 0) is 215 Å². The maximum Gasteiger partial charge on any atom is 0.534 e. The van der Waals surface area contributed by atoms with Crippen molar-refractivity contribution in [3.8, 4) is 0 Å². The summed E-state index contributed by atoms with van der Waals surface area (Å²) in [7, 11) is -6.13. The zero-order valence-electron chi connectivity index (χ0n) is 56.4. The van der Waals surface area contributed by atoms with Crippen molar-refractivity contribution in [1.82, 2.24) is 35.1 Å². The lowest BCUT2D eigenvalue weighted by molar-refractivity contribution is -0.0546. The summed E-state index contributed by atoms with van der Waals surface area (Å²) in [6.45, 7) is 30.0. The van der Waals surface area contributed by atoms with Crippen molar-refractivity contribution in [3.05, 3.63) is 130 Å². The maximum atomic E-state index is 12.6. The number of piperidine rings is 1. The predicted octanol–water partition coefficient (Wildman–Crippen LogP) is 17.4. The second kappa shape index (κ2) is 30.2. The van der Waals surface area contributed by atoms with E-state index in [-0.39, 0.29) is 43.3 Å². The molecule has 2 amide bonds. The number of ether oxygens (including phenoxy) is 2. The van der Waals surface area contributed by atoms with Crippen molar-refractivity contribution in [3.63, 3.8) is 0 Å². The molecule has 5 aliphatic heterocycles. The number of thiazole rings is 4. The predicted molar refractivity (Wildman–Crippen MR) is 379 cm³/mol. The third kappa shape index (κ3) is 19.3. The Labute approximate surface area is 571 Å². The van der Waals surface area contributed by atoms with E-state index < -0.39 is 38.8 Å². The number of hydrogen-bond donors (Lipinski definition) is 1. The van der Waals surface area contributed by atoms with Crippen LogP contribution in [-0.2, 0) is 33.1 Å². The van der Waals surface area contributed by atoms with Crippen molar-refractivity contribution in [2.75, 3.05) is 26.2 Å². The number of fused-ring (bicyclic) bond motifs is 4. The van der Waals surface area contributed by atoms with Crippen LogP contribution in [0.1, 0.15) is 158 Å². The quantitative estimate of drug-likeness (QED) is 0.0937. The van der Waals surface area contributed by atoms with Gasteiger partial charge in [0.05, 0.1) is 79.8 Å². The van der Waals surface area contributed by atoms with Crippen LogP contribution in [0.25, 0.3) is 46.6 Å². The van der Waals surface area contributed by atoms with E-state index >= 15 is 0 Å². The number of carbonyl (C=O) groups excluding carboxylic acids is 2. The van der Waals surface area contributed by atoms with Crippen molar-refractivity contribution < 1.29 is 54.1 Å². The van der Waals surface area contributed by atoms with E-state index in [1.54, 1.807) is 77.9 Å². The van der Waals surface area contributed by atoms with Gasteiger partial charge in [0.25, 0.3) is 0 Å². The highest BCUT2D eigenvalue weighted by atomic mass is 32.2. The fourth-order valence-corrected chi connectivity index (χ4v) is 14.1. The molecule has 8 aromatic rings. The van der Waals surface area contributed by atoms with Gasteiger partial charge in [0.1, 0.15) is 11.2 Å². The molecule has 5 aliphatic rings. The normalized spacial score (nSPS) is 21.3. The minimum Gasteiger partial charge on any atom is -0.443 e. The molecular weight excluding hydrogens is 1310 g/mol. The van der Waals surface area contributed by atoms with Crippen molar-refractivity contribution in [2.45, 2.75) is 169 Å². The SMILES string of the molecule is CC1(C)OB(c2ccc3ncsc3c2)OC1(C)C.CC1CC=C(OS(=O)(=O)C(F)(F)F)N(C(=O)OC(C)(C)C)C1.CC1CC=C(c2ccc3ncsc3c2)N(C(=O)OC(C)(C)C)C1.CC1CCC(c2ccc3ncsc3c2)=NC1.C[C@@H]1CC[C@@H](c2ccc3ncsc3c2)NC1. The Hall–Kier alpha value is -6.39. The molecule has 0 bridgehead atoms. The second-order valence-corrected chi connectivity index (χ2v) is 33.0. The van der Waals surface area contributed by atoms with Crippen molar-refractivity contribution in [1.29, 1.82) is 0 Å². The van der Waals surface area contributed by atoms with Gasteiger partial charge in [-0.1, -0.05) is 58.0 Å². The molecule has 0 spiro atoms. The third-order valence-corrected chi connectivity index (χ3v) is 20.8. The summed E-state index contributed by atoms with van der Waals surface area (Å²) < 4.78 is 91.0. The minimum absolute atomic E-state index is 0.00583. The van der Waals surface area contributed by atoms with Gasteiger partial charge in [-0.25, -0.2) is 34.4 Å². The lowest BCUT2D eigenvalue weighted by Crippen LogP contribution is -2.42. The van der Waals surface area contributed by atoms with Gasteiger partial charge >= 0.3 is 34.9 Å². The number of halogens is 3. The molecule has 26 heteroatoms. The summed E-state index contributed by atoms with van der Waals surface area (Å²) in [4.78, 5) is 49.0. The molecule has 510 valence electrons. The van der Waals surface area contributed by atoms with Gasteiger partial charge in [-0.2, -0.15) is 21.6 Å². The summed E-state index contributed by atoms with van der Waals surface area (Å²) in [5.74, 6) is 1.23. The lowest BCUT2D eigenvalue weighted by Gasteiger charge is -2.33. The van der Waals surface area contributed by atoms with Gasteiger partial charge in [0.15, 0.2) is 0 Å². The molecule has 9 heterocycles. The summed E-state index contributed by atoms with van der Waals surface area (Å²) in [5.41, 5.74) is 11.2. The van der Waals surface area contributed by atoms with E-state index in [0.717, 1.165) is 92.2 Å². The zero-order valence-corrected chi connectivity index (χ0v) is 60.5. The molecular formula is C69H86BF3N8O9S5. The first-order valence-corrected chi connectivity index (χ1v) is 36.9. The minimum atomic E-state index is -5.84. The van der Waals surface area contributed by atoms with Crippen LogP contribution in [0, 0.1) is 23.7 Å². The Bertz CT molecular complexity index is 4160. The highest BCUT2D eigenvalue weighted by Crippen LogP contribution is 2.38. The summed E-state index contributed by atoms with van der Waals surface area (Å²) in [5, 5.41) is 3.63. The zero-order chi connectivity index (χ0) is 68.8. The average molecular weight is 1400 g/mol. The first-order valence-electron chi connectivity index (χ1n) is 32.0. The highest BCUT2D eigenvalue weighted by Gasteiger charge is 2.52. The van der Waals surface area contributed by atoms with Gasteiger partial charge in [0, 0.05) is 31.4 Å². The van der Waals surface area contributed by atoms with E-state index in [1.807, 2.05) is 67.1 Å². The maximum absolute atomic E-state index is 12.6. The number of allylic oxidation sites excluding steroid dienone is 2. The molecule has 5 atom stereocenters. The number of aromatic nitrogens is 4. The Morgan fingerprint density at radius 1 is 0.611 bits per heavy atom. The Kier molecular flexibility index (Phi) is 23.1. The Morgan fingerprint density at radius 2 is 1.09 bits per heavy atom. The largest absolute Gasteiger partial charge is 0.534 e. The van der Waals surface area contributed by atoms with Crippen LogP contribution < -0.4 is 10.8 Å². The van der Waals surface area contributed by atoms with E-state index in [4.69, 9.17) is 18.8 Å². The Balaban J connectivity index is 0.000000140. The highest BCUT2D eigenvalue weighted by molar-refractivity contribution is 7.87. The molecule has 2 saturated heterocycles.